The van der Waals surface area contributed by atoms with Crippen molar-refractivity contribution in [3.8, 4) is 0 Å². The minimum atomic E-state index is -4.32. The number of ether oxygens (including phenoxy) is 2. The summed E-state index contributed by atoms with van der Waals surface area (Å²) in [4.78, 5) is 31.7. The number of nitrogens with zero attached hydrogens (tertiary/aromatic N) is 4. The Morgan fingerprint density at radius 2 is 1.94 bits per heavy atom. The molecule has 4 N–H and O–H groups in total. The van der Waals surface area contributed by atoms with Gasteiger partial charge in [0.2, 0.25) is 0 Å². The molecular formula is C17H27N5O7P2S. The van der Waals surface area contributed by atoms with Gasteiger partial charge in [-0.2, -0.15) is 0 Å². The van der Waals surface area contributed by atoms with E-state index in [9.17, 15) is 18.9 Å². The second-order valence-electron chi connectivity index (χ2n) is 9.09. The molecule has 15 heteroatoms. The van der Waals surface area contributed by atoms with Crippen LogP contribution < -0.4 is 5.73 Å². The van der Waals surface area contributed by atoms with E-state index in [4.69, 9.17) is 19.7 Å². The predicted molar refractivity (Wildman–Crippen MR) is 120 cm³/mol. The molecule has 4 rings (SSSR count). The molecule has 3 heterocycles. The Kier molecular flexibility index (Phi) is 6.04. The fraction of sp³-hybridized carbons (Fsp3) is 0.706. The van der Waals surface area contributed by atoms with Gasteiger partial charge in [-0.1, -0.05) is 33.0 Å². The first-order chi connectivity index (χ1) is 14.8. The Balaban J connectivity index is 1.74. The second kappa shape index (κ2) is 8.02. The lowest BCUT2D eigenvalue weighted by atomic mass is 10.1. The van der Waals surface area contributed by atoms with Crippen molar-refractivity contribution in [2.24, 2.45) is 5.92 Å². The molecule has 1 saturated heterocycles. The first-order valence-electron chi connectivity index (χ1n) is 9.94. The maximum Gasteiger partial charge on any atom is 0.328 e. The first kappa shape index (κ1) is 24.1. The summed E-state index contributed by atoms with van der Waals surface area (Å²) >= 11 is 4.32. The van der Waals surface area contributed by atoms with Gasteiger partial charge in [-0.15, -0.1) is 0 Å². The molecule has 178 valence electrons. The van der Waals surface area contributed by atoms with Gasteiger partial charge in [0.05, 0.1) is 18.1 Å². The van der Waals surface area contributed by atoms with Crippen molar-refractivity contribution in [2.75, 3.05) is 12.8 Å². The van der Waals surface area contributed by atoms with E-state index in [1.807, 2.05) is 0 Å². The highest BCUT2D eigenvalue weighted by molar-refractivity contribution is 8.46. The van der Waals surface area contributed by atoms with Crippen LogP contribution in [0, 0.1) is 5.92 Å². The summed E-state index contributed by atoms with van der Waals surface area (Å²) in [6.45, 7) is 1.74. The van der Waals surface area contributed by atoms with Crippen LogP contribution in [0.2, 0.25) is 0 Å². The van der Waals surface area contributed by atoms with Gasteiger partial charge < -0.3 is 29.5 Å². The number of nitrogen functional groups attached to an aromatic ring is 1. The molecule has 4 unspecified atom stereocenters. The average Bonchev–Trinajstić information content (AvgIpc) is 3.24. The highest BCUT2D eigenvalue weighted by Crippen LogP contribution is 2.67. The van der Waals surface area contributed by atoms with Crippen molar-refractivity contribution >= 4 is 43.4 Å². The lowest BCUT2D eigenvalue weighted by molar-refractivity contribution is -0.0525. The van der Waals surface area contributed by atoms with Crippen molar-refractivity contribution in [1.82, 2.24) is 19.5 Å². The Morgan fingerprint density at radius 1 is 1.25 bits per heavy atom. The number of aromatic nitrogens is 4. The summed E-state index contributed by atoms with van der Waals surface area (Å²) in [5.41, 5.74) is 5.80. The zero-order valence-electron chi connectivity index (χ0n) is 18.0. The molecule has 1 aliphatic carbocycles. The Hall–Kier alpha value is -1.04. The maximum atomic E-state index is 13.3. The Labute approximate surface area is 190 Å². The number of hydrogen-bond acceptors (Lipinski definition) is 9. The van der Waals surface area contributed by atoms with Crippen LogP contribution in [-0.4, -0.2) is 65.5 Å². The van der Waals surface area contributed by atoms with Gasteiger partial charge in [0, 0.05) is 18.2 Å². The summed E-state index contributed by atoms with van der Waals surface area (Å²) in [5, 5.41) is -0.785. The van der Waals surface area contributed by atoms with Crippen LogP contribution >= 0.6 is 26.4 Å². The summed E-state index contributed by atoms with van der Waals surface area (Å²) in [6.07, 6.45) is -0.264. The number of anilines is 1. The number of rotatable bonds is 6. The van der Waals surface area contributed by atoms with Gasteiger partial charge in [0.25, 0.3) is 6.57 Å². The standard InChI is InChI=1S/C17H27N5O7P2S/c1-17(2,3)31(26,32)29-12-11(8-5-9(8)30(23,24)25)28-16(13(12)27-4)22-7-21-10-14(18)19-6-20-15(10)22/h6-9,11-13,16H,5H2,1-4H3,(H,26,32)(H2,18,19,20)(H2,23,24,25)/t8?,9?,11-,12+,13?,16-,31?/m1/s1. The smallest absolute Gasteiger partial charge is 0.328 e. The van der Waals surface area contributed by atoms with Crippen LogP contribution in [0.1, 0.15) is 33.4 Å². The van der Waals surface area contributed by atoms with E-state index in [1.165, 1.54) is 19.8 Å². The van der Waals surface area contributed by atoms with Crippen molar-refractivity contribution in [3.63, 3.8) is 0 Å². The van der Waals surface area contributed by atoms with Gasteiger partial charge in [-0.25, -0.2) is 15.0 Å². The van der Waals surface area contributed by atoms with Crippen molar-refractivity contribution in [2.45, 2.75) is 62.5 Å². The zero-order chi connectivity index (χ0) is 23.6. The largest absolute Gasteiger partial charge is 0.382 e. The Bertz CT molecular complexity index is 1120. The van der Waals surface area contributed by atoms with E-state index in [-0.39, 0.29) is 12.2 Å². The highest BCUT2D eigenvalue weighted by Gasteiger charge is 2.62. The summed E-state index contributed by atoms with van der Waals surface area (Å²) in [5.74, 6) is -0.298. The van der Waals surface area contributed by atoms with E-state index < -0.39 is 55.4 Å². The minimum Gasteiger partial charge on any atom is -0.382 e. The van der Waals surface area contributed by atoms with Crippen LogP contribution in [-0.2, 0) is 23.1 Å². The van der Waals surface area contributed by atoms with Crippen molar-refractivity contribution in [1.29, 1.82) is 0 Å². The Morgan fingerprint density at radius 3 is 2.50 bits per heavy atom. The van der Waals surface area contributed by atoms with Crippen molar-refractivity contribution < 1.29 is 32.9 Å². The molecule has 0 bridgehead atoms. The molecule has 0 spiro atoms. The molecule has 0 radical (unpaired) electrons. The lowest BCUT2D eigenvalue weighted by Crippen LogP contribution is -2.37. The topological polar surface area (TPSA) is 172 Å². The van der Waals surface area contributed by atoms with Crippen LogP contribution in [0.5, 0.6) is 0 Å². The van der Waals surface area contributed by atoms with Crippen LogP contribution in [0.4, 0.5) is 5.82 Å². The fourth-order valence-electron chi connectivity index (χ4n) is 3.92. The molecule has 1 saturated carbocycles. The minimum absolute atomic E-state index is 0.196. The molecular weight excluding hydrogens is 480 g/mol. The molecule has 0 aromatic carbocycles. The van der Waals surface area contributed by atoms with Crippen molar-refractivity contribution in [3.05, 3.63) is 12.7 Å². The number of fused-ring (bicyclic) bond motifs is 1. The third-order valence-corrected chi connectivity index (χ3v) is 11.7. The van der Waals surface area contributed by atoms with Crippen LogP contribution in [0.3, 0.4) is 0 Å². The highest BCUT2D eigenvalue weighted by atomic mass is 32.7. The van der Waals surface area contributed by atoms with Gasteiger partial charge in [0.1, 0.15) is 24.1 Å². The SMILES string of the molecule is COC1[C@@H](OP(=O)(S)C(C)(C)C)[C@@H](C2CC2P(=O)(O)O)O[C@H]1n1cnc2c(N)ncnc21. The number of methoxy groups -OCH3 is 1. The number of nitrogens with two attached hydrogens (primary N) is 1. The molecule has 2 aliphatic rings. The van der Waals surface area contributed by atoms with E-state index in [0.717, 1.165) is 0 Å². The summed E-state index contributed by atoms with van der Waals surface area (Å²) in [6, 6.07) is 0. The molecule has 0 amide bonds. The first-order valence-corrected chi connectivity index (χ1v) is 14.4. The number of thiol groups is 1. The van der Waals surface area contributed by atoms with Gasteiger partial charge >= 0.3 is 7.60 Å². The maximum absolute atomic E-state index is 13.3. The van der Waals surface area contributed by atoms with E-state index in [1.54, 1.807) is 25.3 Å². The van der Waals surface area contributed by atoms with Crippen LogP contribution in [0.15, 0.2) is 12.7 Å². The molecule has 12 nitrogen and oxygen atoms in total. The van der Waals surface area contributed by atoms with E-state index in [0.29, 0.717) is 11.2 Å². The molecule has 32 heavy (non-hydrogen) atoms. The van der Waals surface area contributed by atoms with Gasteiger partial charge in [-0.3, -0.25) is 13.7 Å². The van der Waals surface area contributed by atoms with Gasteiger partial charge in [-0.05, 0) is 6.42 Å². The zero-order valence-corrected chi connectivity index (χ0v) is 20.7. The quantitative estimate of drug-likeness (QED) is 0.334. The molecule has 2 aromatic rings. The molecule has 2 fully saturated rings. The summed E-state index contributed by atoms with van der Waals surface area (Å²) < 4.78 is 44.7. The van der Waals surface area contributed by atoms with Crippen LogP contribution in [0.25, 0.3) is 11.2 Å². The monoisotopic (exact) mass is 507 g/mol. The lowest BCUT2D eigenvalue weighted by Gasteiger charge is -2.32. The van der Waals surface area contributed by atoms with E-state index in [2.05, 4.69) is 27.2 Å². The fourth-order valence-corrected chi connectivity index (χ4v) is 6.32. The molecule has 7 atom stereocenters. The van der Waals surface area contributed by atoms with E-state index >= 15 is 0 Å². The average molecular weight is 507 g/mol. The predicted octanol–water partition coefficient (Wildman–Crippen LogP) is 2.19. The molecule has 1 aliphatic heterocycles. The third-order valence-electron chi connectivity index (χ3n) is 5.93. The van der Waals surface area contributed by atoms with Gasteiger partial charge in [0.15, 0.2) is 17.7 Å². The number of imidazole rings is 1. The third kappa shape index (κ3) is 4.14. The second-order valence-corrected chi connectivity index (χ2v) is 15.1. The number of hydrogen-bond donors (Lipinski definition) is 4. The molecule has 2 aromatic heterocycles. The summed E-state index contributed by atoms with van der Waals surface area (Å²) in [7, 11) is -2.87. The normalized spacial score (nSPS) is 32.8.